The fourth-order valence-electron chi connectivity index (χ4n) is 2.85. The van der Waals surface area contributed by atoms with Crippen molar-refractivity contribution in [3.63, 3.8) is 0 Å². The molecule has 1 atom stereocenters. The third-order valence-electron chi connectivity index (χ3n) is 4.12. The van der Waals surface area contributed by atoms with E-state index < -0.39 is 0 Å². The number of aromatic nitrogens is 1. The Morgan fingerprint density at radius 3 is 3.04 bits per heavy atom. The van der Waals surface area contributed by atoms with Crippen molar-refractivity contribution < 1.29 is 4.79 Å². The molecule has 3 rings (SSSR count). The van der Waals surface area contributed by atoms with Gasteiger partial charge in [-0.1, -0.05) is 24.6 Å². The van der Waals surface area contributed by atoms with Gasteiger partial charge in [-0.15, -0.1) is 23.1 Å². The van der Waals surface area contributed by atoms with Gasteiger partial charge < -0.3 is 5.32 Å². The molecule has 1 aliphatic carbocycles. The van der Waals surface area contributed by atoms with E-state index in [1.807, 2.05) is 0 Å². The van der Waals surface area contributed by atoms with Crippen molar-refractivity contribution >= 4 is 34.1 Å². The Kier molecular flexibility index (Phi) is 5.07. The number of hydrogen-bond acceptors (Lipinski definition) is 4. The molecule has 1 aliphatic rings. The van der Waals surface area contributed by atoms with Crippen molar-refractivity contribution in [1.29, 1.82) is 0 Å². The molecule has 1 amide bonds. The Balaban J connectivity index is 1.57. The maximum atomic E-state index is 12.2. The van der Waals surface area contributed by atoms with E-state index in [1.165, 1.54) is 28.1 Å². The fraction of sp³-hybridized carbons (Fsp3) is 0.444. The Hall–Kier alpha value is -1.33. The molecule has 1 aromatic heterocycles. The predicted octanol–water partition coefficient (Wildman–Crippen LogP) is 4.62. The van der Waals surface area contributed by atoms with Crippen LogP contribution in [-0.2, 0) is 17.6 Å². The maximum absolute atomic E-state index is 12.2. The predicted molar refractivity (Wildman–Crippen MR) is 98.6 cm³/mol. The first-order chi connectivity index (χ1) is 11.0. The summed E-state index contributed by atoms with van der Waals surface area (Å²) in [6, 6.07) is 6.33. The highest BCUT2D eigenvalue weighted by molar-refractivity contribution is 8.00. The zero-order chi connectivity index (χ0) is 16.4. The molecule has 2 aromatic rings. The van der Waals surface area contributed by atoms with Gasteiger partial charge in [0, 0.05) is 9.77 Å². The van der Waals surface area contributed by atoms with Crippen molar-refractivity contribution in [1.82, 2.24) is 4.98 Å². The second-order valence-corrected chi connectivity index (χ2v) is 8.44. The molecular formula is C18H22N2OS2. The molecular weight excluding hydrogens is 324 g/mol. The van der Waals surface area contributed by atoms with Crippen LogP contribution in [0.25, 0.3) is 0 Å². The number of carbonyl (C=O) groups is 1. The molecule has 0 fully saturated rings. The quantitative estimate of drug-likeness (QED) is 0.822. The van der Waals surface area contributed by atoms with Crippen LogP contribution in [0.15, 0.2) is 23.1 Å². The third-order valence-corrected chi connectivity index (χ3v) is 6.33. The minimum atomic E-state index is 0.0223. The van der Waals surface area contributed by atoms with E-state index in [0.29, 0.717) is 5.75 Å². The van der Waals surface area contributed by atoms with Crippen LogP contribution in [0.2, 0.25) is 0 Å². The van der Waals surface area contributed by atoms with Gasteiger partial charge in [0.25, 0.3) is 0 Å². The van der Waals surface area contributed by atoms with Crippen LogP contribution in [0.4, 0.5) is 5.13 Å². The van der Waals surface area contributed by atoms with Crippen LogP contribution in [0, 0.1) is 19.8 Å². The number of thioether (sulfide) groups is 1. The van der Waals surface area contributed by atoms with Gasteiger partial charge in [-0.25, -0.2) is 4.98 Å². The van der Waals surface area contributed by atoms with E-state index >= 15 is 0 Å². The van der Waals surface area contributed by atoms with Gasteiger partial charge in [0.15, 0.2) is 5.13 Å². The molecule has 5 heteroatoms. The van der Waals surface area contributed by atoms with Crippen LogP contribution in [0.1, 0.15) is 35.0 Å². The summed E-state index contributed by atoms with van der Waals surface area (Å²) in [7, 11) is 0. The molecule has 1 heterocycles. The minimum absolute atomic E-state index is 0.0223. The average molecular weight is 347 g/mol. The monoisotopic (exact) mass is 346 g/mol. The Morgan fingerprint density at radius 1 is 1.43 bits per heavy atom. The normalized spacial score (nSPS) is 16.9. The number of anilines is 1. The molecule has 0 bridgehead atoms. The van der Waals surface area contributed by atoms with Crippen molar-refractivity contribution in [3.8, 4) is 0 Å². The van der Waals surface area contributed by atoms with Gasteiger partial charge in [-0.2, -0.15) is 0 Å². The van der Waals surface area contributed by atoms with E-state index in [2.05, 4.69) is 49.3 Å². The van der Waals surface area contributed by atoms with Gasteiger partial charge in [0.1, 0.15) is 0 Å². The van der Waals surface area contributed by atoms with Crippen molar-refractivity contribution in [2.75, 3.05) is 11.1 Å². The van der Waals surface area contributed by atoms with Crippen molar-refractivity contribution in [2.24, 2.45) is 5.92 Å². The second kappa shape index (κ2) is 7.05. The van der Waals surface area contributed by atoms with E-state index in [1.54, 1.807) is 23.1 Å². The summed E-state index contributed by atoms with van der Waals surface area (Å²) >= 11 is 3.23. The van der Waals surface area contributed by atoms with Gasteiger partial charge in [0.05, 0.1) is 11.4 Å². The number of fused-ring (bicyclic) bond motifs is 1. The van der Waals surface area contributed by atoms with Gasteiger partial charge in [-0.3, -0.25) is 4.79 Å². The molecule has 0 aliphatic heterocycles. The number of benzene rings is 1. The highest BCUT2D eigenvalue weighted by atomic mass is 32.2. The summed E-state index contributed by atoms with van der Waals surface area (Å²) in [6.45, 7) is 6.45. The average Bonchev–Trinajstić information content (AvgIpc) is 2.87. The molecule has 0 radical (unpaired) electrons. The Labute approximate surface area is 145 Å². The smallest absolute Gasteiger partial charge is 0.236 e. The highest BCUT2D eigenvalue weighted by Gasteiger charge is 2.20. The van der Waals surface area contributed by atoms with E-state index in [4.69, 9.17) is 0 Å². The summed E-state index contributed by atoms with van der Waals surface area (Å²) in [5.41, 5.74) is 3.66. The number of carbonyl (C=O) groups excluding carboxylic acids is 1. The van der Waals surface area contributed by atoms with E-state index in [-0.39, 0.29) is 5.91 Å². The van der Waals surface area contributed by atoms with Crippen LogP contribution in [-0.4, -0.2) is 16.6 Å². The summed E-state index contributed by atoms with van der Waals surface area (Å²) in [5.74, 6) is 1.17. The number of amides is 1. The van der Waals surface area contributed by atoms with Crippen LogP contribution < -0.4 is 5.32 Å². The number of thiazole rings is 1. The maximum Gasteiger partial charge on any atom is 0.236 e. The number of aryl methyl sites for hydroxylation is 3. The van der Waals surface area contributed by atoms with Crippen LogP contribution >= 0.6 is 23.1 Å². The summed E-state index contributed by atoms with van der Waals surface area (Å²) < 4.78 is 0. The van der Waals surface area contributed by atoms with E-state index in [0.717, 1.165) is 28.8 Å². The van der Waals surface area contributed by atoms with Gasteiger partial charge in [-0.05, 0) is 50.7 Å². The van der Waals surface area contributed by atoms with Crippen molar-refractivity contribution in [2.45, 2.75) is 44.9 Å². The zero-order valence-electron chi connectivity index (χ0n) is 13.8. The molecule has 1 aromatic carbocycles. The first-order valence-electron chi connectivity index (χ1n) is 7.99. The molecule has 3 nitrogen and oxygen atoms in total. The van der Waals surface area contributed by atoms with Crippen LogP contribution in [0.5, 0.6) is 0 Å². The topological polar surface area (TPSA) is 42.0 Å². The molecule has 0 saturated heterocycles. The number of hydrogen-bond donors (Lipinski definition) is 1. The number of nitrogens with zero attached hydrogens (tertiary/aromatic N) is 1. The summed E-state index contributed by atoms with van der Waals surface area (Å²) in [4.78, 5) is 19.3. The minimum Gasteiger partial charge on any atom is -0.301 e. The lowest BCUT2D eigenvalue weighted by molar-refractivity contribution is -0.113. The molecule has 0 spiro atoms. The fourth-order valence-corrected chi connectivity index (χ4v) is 4.85. The molecule has 0 saturated carbocycles. The Morgan fingerprint density at radius 2 is 2.26 bits per heavy atom. The SMILES string of the molecule is Cc1ccc(SCC(=O)Nc2nc3c(s2)CC(C)CC3)c(C)c1. The number of rotatable bonds is 4. The second-order valence-electron chi connectivity index (χ2n) is 6.34. The van der Waals surface area contributed by atoms with E-state index in [9.17, 15) is 4.79 Å². The summed E-state index contributed by atoms with van der Waals surface area (Å²) in [6.07, 6.45) is 3.34. The van der Waals surface area contributed by atoms with Crippen LogP contribution in [0.3, 0.4) is 0 Å². The van der Waals surface area contributed by atoms with Gasteiger partial charge in [0.2, 0.25) is 5.91 Å². The lowest BCUT2D eigenvalue weighted by Gasteiger charge is -2.15. The first-order valence-corrected chi connectivity index (χ1v) is 9.80. The molecule has 23 heavy (non-hydrogen) atoms. The number of nitrogens with one attached hydrogen (secondary N) is 1. The zero-order valence-corrected chi connectivity index (χ0v) is 15.4. The summed E-state index contributed by atoms with van der Waals surface area (Å²) in [5, 5.41) is 3.72. The van der Waals surface area contributed by atoms with Crippen molar-refractivity contribution in [3.05, 3.63) is 39.9 Å². The molecule has 1 unspecified atom stereocenters. The van der Waals surface area contributed by atoms with Gasteiger partial charge >= 0.3 is 0 Å². The first kappa shape index (κ1) is 16.5. The largest absolute Gasteiger partial charge is 0.301 e. The Bertz CT molecular complexity index is 724. The molecule has 122 valence electrons. The molecule has 1 N–H and O–H groups in total. The third kappa shape index (κ3) is 4.15. The lowest BCUT2D eigenvalue weighted by Crippen LogP contribution is -2.14. The standard InChI is InChI=1S/C18H22N2OS2/c1-11-5-7-15(13(3)8-11)22-10-17(21)20-18-19-14-6-4-12(2)9-16(14)23-18/h5,7-8,12H,4,6,9-10H2,1-3H3,(H,19,20,21). The lowest BCUT2D eigenvalue weighted by atomic mass is 9.93. The highest BCUT2D eigenvalue weighted by Crippen LogP contribution is 2.32.